The van der Waals surface area contributed by atoms with Crippen LogP contribution in [0.1, 0.15) is 39.2 Å². The normalized spacial score (nSPS) is 18.0. The number of ether oxygens (including phenoxy) is 1. The second kappa shape index (κ2) is 11.1. The van der Waals surface area contributed by atoms with Crippen LogP contribution in [0.5, 0.6) is 5.75 Å². The molecule has 0 bridgehead atoms. The maximum Gasteiger partial charge on any atom is 0.264 e. The van der Waals surface area contributed by atoms with Gasteiger partial charge in [-0.25, -0.2) is 25.8 Å². The minimum absolute atomic E-state index is 0.0119. The maximum absolute atomic E-state index is 13.8. The average molecular weight is 557 g/mol. The largest absolute Gasteiger partial charge is 0.492 e. The van der Waals surface area contributed by atoms with Crippen molar-refractivity contribution < 1.29 is 25.8 Å². The van der Waals surface area contributed by atoms with E-state index in [2.05, 4.69) is 0 Å². The van der Waals surface area contributed by atoms with Crippen LogP contribution in [0, 0.1) is 16.6 Å². The Morgan fingerprint density at radius 3 is 2.19 bits per heavy atom. The lowest BCUT2D eigenvalue weighted by atomic mass is 10.0. The summed E-state index contributed by atoms with van der Waals surface area (Å²) in [6.45, 7) is 6.37. The Morgan fingerprint density at radius 2 is 1.67 bits per heavy atom. The van der Waals surface area contributed by atoms with Crippen LogP contribution in [0.4, 0.5) is 5.69 Å². The molecule has 1 atom stereocenters. The summed E-state index contributed by atoms with van der Waals surface area (Å²) in [5.74, 6) is 0.486. The molecule has 36 heavy (non-hydrogen) atoms. The van der Waals surface area contributed by atoms with Gasteiger partial charge in [-0.1, -0.05) is 32.9 Å². The molecular formula is C25H36N2O6S3. The van der Waals surface area contributed by atoms with E-state index in [0.29, 0.717) is 18.5 Å². The van der Waals surface area contributed by atoms with Crippen LogP contribution in [-0.2, 0) is 36.0 Å². The van der Waals surface area contributed by atoms with Crippen LogP contribution in [0.3, 0.4) is 0 Å². The highest BCUT2D eigenvalue weighted by atomic mass is 32.2. The van der Waals surface area contributed by atoms with E-state index < -0.39 is 29.6 Å². The predicted octanol–water partition coefficient (Wildman–Crippen LogP) is 4.34. The highest BCUT2D eigenvalue weighted by molar-refractivity contribution is 7.93. The van der Waals surface area contributed by atoms with Crippen molar-refractivity contribution in [2.24, 2.45) is 11.8 Å². The highest BCUT2D eigenvalue weighted by Gasteiger charge is 2.29. The maximum atomic E-state index is 13.8. The summed E-state index contributed by atoms with van der Waals surface area (Å²) in [7, 11) is -10.3. The van der Waals surface area contributed by atoms with Gasteiger partial charge in [-0.2, -0.15) is 0 Å². The van der Waals surface area contributed by atoms with Crippen molar-refractivity contribution in [2.75, 3.05) is 35.2 Å². The van der Waals surface area contributed by atoms with Crippen LogP contribution in [-0.4, -0.2) is 52.0 Å². The Kier molecular flexibility index (Phi) is 8.78. The standard InChI is InChI=1S/C25H36N2O6S3/c1-5-20-6-8-22(9-7-20)27(17-19(2)3)36(31,32)23-10-11-24(25(16-23)34(4,26)28)33-18-21-12-14-35(29,30)15-13-21/h6-11,16,19,21,26H,5,12-15,17-18H2,1-4H3. The first-order valence-electron chi connectivity index (χ1n) is 12.1. The lowest BCUT2D eigenvalue weighted by Gasteiger charge is -2.27. The molecule has 8 nitrogen and oxygen atoms in total. The minimum Gasteiger partial charge on any atom is -0.492 e. The van der Waals surface area contributed by atoms with Crippen molar-refractivity contribution in [3.8, 4) is 5.75 Å². The summed E-state index contributed by atoms with van der Waals surface area (Å²) in [6.07, 6.45) is 3.03. The number of hydrogen-bond donors (Lipinski definition) is 1. The summed E-state index contributed by atoms with van der Waals surface area (Å²) >= 11 is 0. The van der Waals surface area contributed by atoms with Crippen molar-refractivity contribution in [1.82, 2.24) is 0 Å². The first kappa shape index (κ1) is 28.5. The monoisotopic (exact) mass is 556 g/mol. The third kappa shape index (κ3) is 7.01. The third-order valence-electron chi connectivity index (χ3n) is 6.24. The van der Waals surface area contributed by atoms with Gasteiger partial charge in [0.1, 0.15) is 15.6 Å². The molecule has 200 valence electrons. The zero-order chi connectivity index (χ0) is 26.7. The molecule has 1 N–H and O–H groups in total. The van der Waals surface area contributed by atoms with E-state index in [1.165, 1.54) is 28.8 Å². The van der Waals surface area contributed by atoms with E-state index in [1.807, 2.05) is 32.9 Å². The Hall–Kier alpha value is -2.11. The SMILES string of the molecule is CCc1ccc(N(CC(C)C)S(=O)(=O)c2ccc(OCC3CCS(=O)(=O)CC3)c(S(C)(=N)=O)c2)cc1. The second-order valence-electron chi connectivity index (χ2n) is 9.81. The lowest BCUT2D eigenvalue weighted by molar-refractivity contribution is 0.233. The number of anilines is 1. The topological polar surface area (TPSA) is 122 Å². The van der Waals surface area contributed by atoms with E-state index in [0.717, 1.165) is 12.0 Å². The molecule has 0 radical (unpaired) electrons. The fourth-order valence-electron chi connectivity index (χ4n) is 4.08. The van der Waals surface area contributed by atoms with Gasteiger partial charge in [-0.15, -0.1) is 0 Å². The van der Waals surface area contributed by atoms with Gasteiger partial charge in [0.15, 0.2) is 0 Å². The number of nitrogens with zero attached hydrogens (tertiary/aromatic N) is 1. The molecule has 0 aromatic heterocycles. The van der Waals surface area contributed by atoms with E-state index in [9.17, 15) is 21.0 Å². The van der Waals surface area contributed by atoms with Crippen molar-refractivity contribution in [3.63, 3.8) is 0 Å². The zero-order valence-electron chi connectivity index (χ0n) is 21.3. The lowest BCUT2D eigenvalue weighted by Crippen LogP contribution is -2.34. The van der Waals surface area contributed by atoms with Crippen molar-refractivity contribution in [3.05, 3.63) is 48.0 Å². The number of benzene rings is 2. The van der Waals surface area contributed by atoms with Gasteiger partial charge in [0, 0.05) is 12.8 Å². The number of sulfone groups is 1. The molecule has 0 spiro atoms. The van der Waals surface area contributed by atoms with E-state index in [1.54, 1.807) is 12.1 Å². The van der Waals surface area contributed by atoms with Gasteiger partial charge in [0.2, 0.25) is 0 Å². The molecule has 2 aromatic rings. The summed E-state index contributed by atoms with van der Waals surface area (Å²) in [6, 6.07) is 11.5. The Labute approximate surface area is 216 Å². The summed E-state index contributed by atoms with van der Waals surface area (Å²) < 4.78 is 79.1. The zero-order valence-corrected chi connectivity index (χ0v) is 23.7. The van der Waals surface area contributed by atoms with Gasteiger partial charge in [-0.3, -0.25) is 4.31 Å². The van der Waals surface area contributed by atoms with E-state index in [4.69, 9.17) is 9.52 Å². The number of sulfonamides is 1. The average Bonchev–Trinajstić information content (AvgIpc) is 2.81. The quantitative estimate of drug-likeness (QED) is 0.465. The fourth-order valence-corrected chi connectivity index (χ4v) is 8.27. The van der Waals surface area contributed by atoms with Crippen LogP contribution in [0.25, 0.3) is 0 Å². The Balaban J connectivity index is 1.94. The molecule has 1 fully saturated rings. The smallest absolute Gasteiger partial charge is 0.264 e. The molecule has 1 saturated heterocycles. The van der Waals surface area contributed by atoms with Gasteiger partial charge >= 0.3 is 0 Å². The van der Waals surface area contributed by atoms with Gasteiger partial charge in [-0.05, 0) is 67.0 Å². The van der Waals surface area contributed by atoms with Crippen molar-refractivity contribution in [2.45, 2.75) is 49.8 Å². The summed E-state index contributed by atoms with van der Waals surface area (Å²) in [5, 5.41) is 0. The molecule has 0 saturated carbocycles. The second-order valence-corrected chi connectivity index (χ2v) is 16.1. The van der Waals surface area contributed by atoms with E-state index in [-0.39, 0.29) is 52.0 Å². The van der Waals surface area contributed by atoms with Crippen LogP contribution < -0.4 is 9.04 Å². The molecule has 1 unspecified atom stereocenters. The molecule has 1 aliphatic rings. The van der Waals surface area contributed by atoms with Gasteiger partial charge < -0.3 is 4.74 Å². The molecule has 2 aromatic carbocycles. The predicted molar refractivity (Wildman–Crippen MR) is 144 cm³/mol. The molecule has 1 aliphatic heterocycles. The highest BCUT2D eigenvalue weighted by Crippen LogP contribution is 2.32. The molecule has 0 aliphatic carbocycles. The van der Waals surface area contributed by atoms with E-state index >= 15 is 0 Å². The van der Waals surface area contributed by atoms with Crippen LogP contribution in [0.15, 0.2) is 52.3 Å². The molecular weight excluding hydrogens is 520 g/mol. The molecule has 3 rings (SSSR count). The Bertz CT molecular complexity index is 1370. The number of aryl methyl sites for hydroxylation is 1. The fraction of sp³-hybridized carbons (Fsp3) is 0.520. The number of rotatable bonds is 10. The molecule has 1 heterocycles. The first-order valence-corrected chi connectivity index (χ1v) is 17.3. The van der Waals surface area contributed by atoms with Crippen LogP contribution in [0.2, 0.25) is 0 Å². The summed E-state index contributed by atoms with van der Waals surface area (Å²) in [4.78, 5) is -0.0477. The number of nitrogens with one attached hydrogen (secondary N) is 1. The summed E-state index contributed by atoms with van der Waals surface area (Å²) in [5.41, 5.74) is 1.64. The van der Waals surface area contributed by atoms with Crippen molar-refractivity contribution in [1.29, 1.82) is 4.78 Å². The third-order valence-corrected chi connectivity index (χ3v) is 10.9. The Morgan fingerprint density at radius 1 is 1.06 bits per heavy atom. The number of hydrogen-bond acceptors (Lipinski definition) is 7. The van der Waals surface area contributed by atoms with Gasteiger partial charge in [0.05, 0.1) is 43.3 Å². The van der Waals surface area contributed by atoms with Crippen LogP contribution >= 0.6 is 0 Å². The first-order chi connectivity index (χ1) is 16.7. The van der Waals surface area contributed by atoms with Gasteiger partial charge in [0.25, 0.3) is 10.0 Å². The van der Waals surface area contributed by atoms with Crippen molar-refractivity contribution >= 4 is 35.3 Å². The molecule has 0 amide bonds. The minimum atomic E-state index is -4.01. The molecule has 11 heteroatoms.